The van der Waals surface area contributed by atoms with Crippen LogP contribution in [0.1, 0.15) is 28.9 Å². The van der Waals surface area contributed by atoms with Gasteiger partial charge in [0.25, 0.3) is 11.8 Å². The van der Waals surface area contributed by atoms with Crippen LogP contribution in [0.5, 0.6) is 11.6 Å². The van der Waals surface area contributed by atoms with Crippen LogP contribution < -0.4 is 10.1 Å². The molecule has 1 aromatic carbocycles. The van der Waals surface area contributed by atoms with Gasteiger partial charge in [0.05, 0.1) is 5.56 Å². The summed E-state index contributed by atoms with van der Waals surface area (Å²) in [4.78, 5) is 19.8. The van der Waals surface area contributed by atoms with Crippen LogP contribution in [0, 0.1) is 0 Å². The smallest absolute Gasteiger partial charge is 0.419 e. The number of nitrogens with zero attached hydrogens (tertiary/aromatic N) is 2. The van der Waals surface area contributed by atoms with Crippen LogP contribution in [0.4, 0.5) is 13.2 Å². The standard InChI is InChI=1S/C15H12F3N3O2/c16-15(17,18)10-3-1-2-4-11(10)23-14-12(19-7-8-20-14)13(22)21-9-5-6-9/h1-4,7-9H,5-6H2,(H,21,22). The van der Waals surface area contributed by atoms with Crippen molar-refractivity contribution in [2.75, 3.05) is 0 Å². The lowest BCUT2D eigenvalue weighted by molar-refractivity contribution is -0.138. The van der Waals surface area contributed by atoms with E-state index in [9.17, 15) is 18.0 Å². The van der Waals surface area contributed by atoms with E-state index in [0.717, 1.165) is 18.9 Å². The molecule has 1 aliphatic carbocycles. The number of rotatable bonds is 4. The van der Waals surface area contributed by atoms with Gasteiger partial charge in [-0.1, -0.05) is 12.1 Å². The van der Waals surface area contributed by atoms with Crippen molar-refractivity contribution < 1.29 is 22.7 Å². The van der Waals surface area contributed by atoms with Crippen molar-refractivity contribution in [3.63, 3.8) is 0 Å². The molecule has 120 valence electrons. The summed E-state index contributed by atoms with van der Waals surface area (Å²) in [5.41, 5.74) is -1.09. The first kappa shape index (κ1) is 15.3. The van der Waals surface area contributed by atoms with Gasteiger partial charge in [0, 0.05) is 18.4 Å². The minimum Gasteiger partial charge on any atom is -0.436 e. The van der Waals surface area contributed by atoms with Crippen LogP contribution in [-0.2, 0) is 6.18 Å². The van der Waals surface area contributed by atoms with Gasteiger partial charge < -0.3 is 10.1 Å². The van der Waals surface area contributed by atoms with E-state index in [0.29, 0.717) is 0 Å². The number of amides is 1. The van der Waals surface area contributed by atoms with Gasteiger partial charge in [-0.25, -0.2) is 9.97 Å². The second-order valence-corrected chi connectivity index (χ2v) is 5.05. The summed E-state index contributed by atoms with van der Waals surface area (Å²) >= 11 is 0. The molecule has 1 N–H and O–H groups in total. The summed E-state index contributed by atoms with van der Waals surface area (Å²) in [5.74, 6) is -1.21. The van der Waals surface area contributed by atoms with E-state index in [-0.39, 0.29) is 17.6 Å². The zero-order valence-corrected chi connectivity index (χ0v) is 11.8. The molecule has 1 saturated carbocycles. The Morgan fingerprint density at radius 3 is 2.57 bits per heavy atom. The summed E-state index contributed by atoms with van der Waals surface area (Å²) in [6.45, 7) is 0. The molecule has 1 aromatic heterocycles. The largest absolute Gasteiger partial charge is 0.436 e. The number of nitrogens with one attached hydrogen (secondary N) is 1. The van der Waals surface area contributed by atoms with Gasteiger partial charge in [0.2, 0.25) is 0 Å². The molecule has 3 rings (SSSR count). The fraction of sp³-hybridized carbons (Fsp3) is 0.267. The fourth-order valence-electron chi connectivity index (χ4n) is 1.93. The Bertz CT molecular complexity index is 730. The number of halogens is 3. The topological polar surface area (TPSA) is 64.1 Å². The first-order valence-corrected chi connectivity index (χ1v) is 6.91. The first-order chi connectivity index (χ1) is 10.9. The van der Waals surface area contributed by atoms with Gasteiger partial charge in [0.15, 0.2) is 5.69 Å². The summed E-state index contributed by atoms with van der Waals surface area (Å²) in [5, 5.41) is 2.70. The molecule has 0 saturated heterocycles. The van der Waals surface area contributed by atoms with E-state index in [1.807, 2.05) is 0 Å². The summed E-state index contributed by atoms with van der Waals surface area (Å²) < 4.78 is 44.2. The van der Waals surface area contributed by atoms with Crippen molar-refractivity contribution in [1.29, 1.82) is 0 Å². The highest BCUT2D eigenvalue weighted by Gasteiger charge is 2.35. The molecule has 0 atom stereocenters. The van der Waals surface area contributed by atoms with Crippen molar-refractivity contribution in [2.45, 2.75) is 25.1 Å². The molecule has 8 heteroatoms. The molecule has 2 aromatic rings. The number of ether oxygens (including phenoxy) is 1. The van der Waals surface area contributed by atoms with Crippen LogP contribution in [-0.4, -0.2) is 21.9 Å². The molecule has 0 unspecified atom stereocenters. The molecule has 23 heavy (non-hydrogen) atoms. The van der Waals surface area contributed by atoms with E-state index < -0.39 is 23.4 Å². The molecule has 0 bridgehead atoms. The number of carbonyl (C=O) groups excluding carboxylic acids is 1. The number of aromatic nitrogens is 2. The highest BCUT2D eigenvalue weighted by atomic mass is 19.4. The van der Waals surface area contributed by atoms with Gasteiger partial charge in [-0.3, -0.25) is 4.79 Å². The van der Waals surface area contributed by atoms with Crippen LogP contribution in [0.3, 0.4) is 0 Å². The van der Waals surface area contributed by atoms with Crippen LogP contribution >= 0.6 is 0 Å². The number of alkyl halides is 3. The van der Waals surface area contributed by atoms with Gasteiger partial charge >= 0.3 is 6.18 Å². The number of carbonyl (C=O) groups is 1. The molecular weight excluding hydrogens is 311 g/mol. The lowest BCUT2D eigenvalue weighted by atomic mass is 10.2. The Morgan fingerprint density at radius 2 is 1.87 bits per heavy atom. The minimum atomic E-state index is -4.57. The normalized spacial score (nSPS) is 14.4. The second-order valence-electron chi connectivity index (χ2n) is 5.05. The number of para-hydroxylation sites is 1. The van der Waals surface area contributed by atoms with E-state index in [1.165, 1.54) is 30.6 Å². The fourth-order valence-corrected chi connectivity index (χ4v) is 1.93. The Labute approximate surface area is 129 Å². The molecule has 1 amide bonds. The maximum absolute atomic E-state index is 13.0. The van der Waals surface area contributed by atoms with Crippen molar-refractivity contribution >= 4 is 5.91 Å². The highest BCUT2D eigenvalue weighted by Crippen LogP contribution is 2.37. The van der Waals surface area contributed by atoms with E-state index >= 15 is 0 Å². The Hall–Kier alpha value is -2.64. The molecule has 0 spiro atoms. The first-order valence-electron chi connectivity index (χ1n) is 6.91. The Balaban J connectivity index is 1.90. The molecule has 1 heterocycles. The number of benzene rings is 1. The monoisotopic (exact) mass is 323 g/mol. The third kappa shape index (κ3) is 3.58. The molecule has 1 aliphatic rings. The van der Waals surface area contributed by atoms with Crippen molar-refractivity contribution in [2.24, 2.45) is 0 Å². The molecular formula is C15H12F3N3O2. The quantitative estimate of drug-likeness (QED) is 0.938. The molecule has 0 radical (unpaired) electrons. The van der Waals surface area contributed by atoms with Crippen LogP contribution in [0.25, 0.3) is 0 Å². The Kier molecular flexibility index (Phi) is 3.89. The van der Waals surface area contributed by atoms with E-state index in [4.69, 9.17) is 4.74 Å². The van der Waals surface area contributed by atoms with E-state index in [1.54, 1.807) is 0 Å². The maximum Gasteiger partial charge on any atom is 0.419 e. The zero-order valence-electron chi connectivity index (χ0n) is 11.8. The summed E-state index contributed by atoms with van der Waals surface area (Å²) in [6, 6.07) is 4.81. The zero-order chi connectivity index (χ0) is 16.4. The molecule has 5 nitrogen and oxygen atoms in total. The van der Waals surface area contributed by atoms with Gasteiger partial charge in [-0.15, -0.1) is 0 Å². The van der Waals surface area contributed by atoms with Gasteiger partial charge in [-0.2, -0.15) is 13.2 Å². The lowest BCUT2D eigenvalue weighted by Crippen LogP contribution is -2.27. The van der Waals surface area contributed by atoms with Gasteiger partial charge in [0.1, 0.15) is 5.75 Å². The third-order valence-electron chi connectivity index (χ3n) is 3.19. The summed E-state index contributed by atoms with van der Waals surface area (Å²) in [6.07, 6.45) is -0.294. The maximum atomic E-state index is 13.0. The van der Waals surface area contributed by atoms with Crippen molar-refractivity contribution in [3.05, 3.63) is 47.9 Å². The third-order valence-corrected chi connectivity index (χ3v) is 3.19. The van der Waals surface area contributed by atoms with Crippen LogP contribution in [0.2, 0.25) is 0 Å². The Morgan fingerprint density at radius 1 is 1.17 bits per heavy atom. The van der Waals surface area contributed by atoms with Crippen LogP contribution in [0.15, 0.2) is 36.7 Å². The van der Waals surface area contributed by atoms with E-state index in [2.05, 4.69) is 15.3 Å². The summed E-state index contributed by atoms with van der Waals surface area (Å²) in [7, 11) is 0. The highest BCUT2D eigenvalue weighted by molar-refractivity contribution is 5.94. The molecule has 1 fully saturated rings. The minimum absolute atomic E-state index is 0.0832. The lowest BCUT2D eigenvalue weighted by Gasteiger charge is -2.14. The molecule has 0 aliphatic heterocycles. The van der Waals surface area contributed by atoms with Crippen molar-refractivity contribution in [1.82, 2.24) is 15.3 Å². The SMILES string of the molecule is O=C(NC1CC1)c1nccnc1Oc1ccccc1C(F)(F)F. The predicted octanol–water partition coefficient (Wildman–Crippen LogP) is 3.18. The number of hydrogen-bond donors (Lipinski definition) is 1. The van der Waals surface area contributed by atoms with Crippen molar-refractivity contribution in [3.8, 4) is 11.6 Å². The second kappa shape index (κ2) is 5.86. The van der Waals surface area contributed by atoms with Gasteiger partial charge in [-0.05, 0) is 25.0 Å². The average molecular weight is 323 g/mol. The predicted molar refractivity (Wildman–Crippen MR) is 74.0 cm³/mol. The average Bonchev–Trinajstić information content (AvgIpc) is 3.31. The number of hydrogen-bond acceptors (Lipinski definition) is 4.